The molecule has 0 saturated heterocycles. The van der Waals surface area contributed by atoms with Gasteiger partial charge in [-0.2, -0.15) is 0 Å². The Labute approximate surface area is 204 Å². The monoisotopic (exact) mass is 470 g/mol. The molecule has 0 spiro atoms. The van der Waals surface area contributed by atoms with Gasteiger partial charge in [-0.05, 0) is 89.9 Å². The molecule has 188 valence electrons. The molecule has 34 heavy (non-hydrogen) atoms. The van der Waals surface area contributed by atoms with Gasteiger partial charge in [0, 0.05) is 17.9 Å². The fraction of sp³-hybridized carbons (Fsp3) is 0.655. The lowest BCUT2D eigenvalue weighted by molar-refractivity contribution is -0.178. The summed E-state index contributed by atoms with van der Waals surface area (Å²) in [6.07, 6.45) is 7.96. The summed E-state index contributed by atoms with van der Waals surface area (Å²) >= 11 is 0. The second kappa shape index (κ2) is 9.75. The molecular weight excluding hydrogens is 428 g/mol. The highest BCUT2D eigenvalue weighted by Gasteiger charge is 2.58. The summed E-state index contributed by atoms with van der Waals surface area (Å²) in [7, 11) is 0. The van der Waals surface area contributed by atoms with E-state index in [9.17, 15) is 14.7 Å². The topological polar surface area (TPSA) is 76.7 Å². The van der Waals surface area contributed by atoms with E-state index >= 15 is 0 Å². The molecule has 5 atom stereocenters. The summed E-state index contributed by atoms with van der Waals surface area (Å²) in [6.45, 7) is 18.2. The minimum atomic E-state index is -0.459. The first-order valence-electron chi connectivity index (χ1n) is 12.6. The summed E-state index contributed by atoms with van der Waals surface area (Å²) < 4.78 is 11.4. The van der Waals surface area contributed by atoms with Gasteiger partial charge in [0.15, 0.2) is 0 Å². The Morgan fingerprint density at radius 3 is 2.53 bits per heavy atom. The Hall–Kier alpha value is -2.30. The normalized spacial score (nSPS) is 31.0. The number of hydrogen-bond acceptors (Lipinski definition) is 5. The molecule has 5 nitrogen and oxygen atoms in total. The van der Waals surface area contributed by atoms with Gasteiger partial charge < -0.3 is 14.3 Å². The van der Waals surface area contributed by atoms with E-state index in [1.54, 1.807) is 13.8 Å². The number of carbonyl (C=O) groups is 1. The maximum Gasteiger partial charge on any atom is 0.342 e. The van der Waals surface area contributed by atoms with Crippen LogP contribution in [0.5, 0.6) is 5.75 Å². The van der Waals surface area contributed by atoms with Crippen LogP contribution in [0.4, 0.5) is 0 Å². The van der Waals surface area contributed by atoms with Crippen LogP contribution in [0.2, 0.25) is 0 Å². The molecular formula is C29H42O5. The quantitative estimate of drug-likeness (QED) is 0.376. The second-order valence-corrected chi connectivity index (χ2v) is 11.4. The zero-order valence-electron chi connectivity index (χ0n) is 22.0. The van der Waals surface area contributed by atoms with Crippen molar-refractivity contribution in [2.24, 2.45) is 22.7 Å². The van der Waals surface area contributed by atoms with E-state index in [1.165, 1.54) is 12.5 Å². The van der Waals surface area contributed by atoms with Crippen LogP contribution in [-0.4, -0.2) is 17.2 Å². The fourth-order valence-electron chi connectivity index (χ4n) is 6.90. The number of fused-ring (bicyclic) bond motifs is 1. The summed E-state index contributed by atoms with van der Waals surface area (Å²) in [4.78, 5) is 24.7. The molecule has 0 bridgehead atoms. The molecule has 0 amide bonds. The Kier molecular flexibility index (Phi) is 7.54. The van der Waals surface area contributed by atoms with Crippen LogP contribution in [-0.2, 0) is 16.0 Å². The van der Waals surface area contributed by atoms with Crippen LogP contribution in [0.1, 0.15) is 90.0 Å². The van der Waals surface area contributed by atoms with Gasteiger partial charge in [-0.25, -0.2) is 4.79 Å². The van der Waals surface area contributed by atoms with Gasteiger partial charge >= 0.3 is 11.6 Å². The van der Waals surface area contributed by atoms with Crippen molar-refractivity contribution in [1.82, 2.24) is 0 Å². The third-order valence-corrected chi connectivity index (χ3v) is 8.93. The smallest absolute Gasteiger partial charge is 0.342 e. The summed E-state index contributed by atoms with van der Waals surface area (Å²) in [5.41, 5.74) is 2.63. The number of allylic oxidation sites excluding steroid dienone is 3. The van der Waals surface area contributed by atoms with Crippen molar-refractivity contribution in [3.8, 4) is 5.75 Å². The third-order valence-electron chi connectivity index (χ3n) is 8.93. The summed E-state index contributed by atoms with van der Waals surface area (Å²) in [5.74, 6) is 0.623. The first-order valence-corrected chi connectivity index (χ1v) is 12.6. The SMILES string of the molecule is C=C1CCC2[C@](C)(CCC=C(C)C)[C@@H](OC(C)=O)CC[C@]2(C)[C@@H]1Cc1c(O)c(C)c(C)oc1=O. The zero-order chi connectivity index (χ0) is 25.4. The Balaban J connectivity index is 2.02. The van der Waals surface area contributed by atoms with E-state index in [0.717, 1.165) is 44.1 Å². The van der Waals surface area contributed by atoms with E-state index in [0.29, 0.717) is 29.2 Å². The molecule has 2 aliphatic carbocycles. The summed E-state index contributed by atoms with van der Waals surface area (Å²) in [6, 6.07) is 0. The van der Waals surface area contributed by atoms with E-state index in [2.05, 4.69) is 40.3 Å². The molecule has 3 rings (SSSR count). The number of esters is 1. The number of carbonyl (C=O) groups excluding carboxylic acids is 1. The molecule has 0 aromatic carbocycles. The summed E-state index contributed by atoms with van der Waals surface area (Å²) in [5, 5.41) is 10.8. The molecule has 5 heteroatoms. The first kappa shape index (κ1) is 26.3. The Bertz CT molecular complexity index is 1040. The lowest BCUT2D eigenvalue weighted by atomic mass is 9.45. The average Bonchev–Trinajstić information content (AvgIpc) is 2.73. The largest absolute Gasteiger partial charge is 0.507 e. The molecule has 1 unspecified atom stereocenters. The van der Waals surface area contributed by atoms with Crippen molar-refractivity contribution in [1.29, 1.82) is 0 Å². The minimum absolute atomic E-state index is 0.0446. The first-order chi connectivity index (χ1) is 15.8. The van der Waals surface area contributed by atoms with Gasteiger partial charge in [0.1, 0.15) is 17.6 Å². The van der Waals surface area contributed by atoms with Crippen molar-refractivity contribution < 1.29 is 19.1 Å². The standard InChI is InChI=1S/C29H42O5/c1-17(2)10-9-14-29(8)24-12-11-18(3)23(28(24,7)15-13-25(29)34-21(6)30)16-22-26(31)19(4)20(5)33-27(22)32/h10,23-25,31H,3,9,11-16H2,1-2,4-8H3/t23-,24?,25+,28-,29+/m1/s1. The number of rotatable bonds is 6. The van der Waals surface area contributed by atoms with Gasteiger partial charge in [-0.15, -0.1) is 0 Å². The fourth-order valence-corrected chi connectivity index (χ4v) is 6.90. The average molecular weight is 471 g/mol. The maximum atomic E-state index is 12.7. The van der Waals surface area contributed by atoms with Gasteiger partial charge in [-0.1, -0.05) is 37.6 Å². The van der Waals surface area contributed by atoms with Crippen LogP contribution in [0, 0.1) is 36.5 Å². The van der Waals surface area contributed by atoms with E-state index in [4.69, 9.17) is 9.15 Å². The van der Waals surface area contributed by atoms with Gasteiger partial charge in [0.05, 0.1) is 5.56 Å². The number of aromatic hydroxyl groups is 1. The van der Waals surface area contributed by atoms with Crippen LogP contribution in [0.25, 0.3) is 0 Å². The molecule has 1 aromatic rings. The van der Waals surface area contributed by atoms with E-state index in [-0.39, 0.29) is 34.6 Å². The van der Waals surface area contributed by atoms with E-state index < -0.39 is 5.63 Å². The zero-order valence-corrected chi connectivity index (χ0v) is 22.0. The maximum absolute atomic E-state index is 12.7. The molecule has 1 heterocycles. The predicted octanol–water partition coefficient (Wildman–Crippen LogP) is 6.57. The van der Waals surface area contributed by atoms with Gasteiger partial charge in [0.2, 0.25) is 0 Å². The second-order valence-electron chi connectivity index (χ2n) is 11.4. The van der Waals surface area contributed by atoms with Crippen molar-refractivity contribution in [3.63, 3.8) is 0 Å². The molecule has 0 radical (unpaired) electrons. The highest BCUT2D eigenvalue weighted by Crippen LogP contribution is 2.63. The Morgan fingerprint density at radius 2 is 1.91 bits per heavy atom. The van der Waals surface area contributed by atoms with Crippen molar-refractivity contribution in [2.45, 2.75) is 99.5 Å². The third kappa shape index (κ3) is 4.76. The molecule has 2 saturated carbocycles. The molecule has 2 aliphatic rings. The van der Waals surface area contributed by atoms with Crippen LogP contribution < -0.4 is 5.63 Å². The molecule has 2 fully saturated rings. The van der Waals surface area contributed by atoms with Crippen LogP contribution in [0.15, 0.2) is 33.0 Å². The number of ether oxygens (including phenoxy) is 1. The predicted molar refractivity (Wildman–Crippen MR) is 135 cm³/mol. The lowest BCUT2D eigenvalue weighted by Gasteiger charge is -2.61. The number of aryl methyl sites for hydroxylation is 1. The lowest BCUT2D eigenvalue weighted by Crippen LogP contribution is -2.57. The number of hydrogen-bond donors (Lipinski definition) is 1. The van der Waals surface area contributed by atoms with Crippen LogP contribution >= 0.6 is 0 Å². The highest BCUT2D eigenvalue weighted by atomic mass is 16.5. The van der Waals surface area contributed by atoms with Gasteiger partial charge in [0.25, 0.3) is 0 Å². The van der Waals surface area contributed by atoms with Crippen LogP contribution in [0.3, 0.4) is 0 Å². The van der Waals surface area contributed by atoms with Crippen molar-refractivity contribution >= 4 is 5.97 Å². The molecule has 1 aromatic heterocycles. The Morgan fingerprint density at radius 1 is 1.24 bits per heavy atom. The van der Waals surface area contributed by atoms with Crippen molar-refractivity contribution in [2.75, 3.05) is 0 Å². The van der Waals surface area contributed by atoms with Crippen molar-refractivity contribution in [3.05, 3.63) is 51.1 Å². The minimum Gasteiger partial charge on any atom is -0.507 e. The molecule has 0 aliphatic heterocycles. The highest BCUT2D eigenvalue weighted by molar-refractivity contribution is 5.66. The van der Waals surface area contributed by atoms with E-state index in [1.807, 2.05) is 0 Å². The van der Waals surface area contributed by atoms with Gasteiger partial charge in [-0.3, -0.25) is 4.79 Å². The molecule has 1 N–H and O–H groups in total.